The van der Waals surface area contributed by atoms with Gasteiger partial charge in [-0.1, -0.05) is 24.4 Å². The van der Waals surface area contributed by atoms with E-state index in [1.54, 1.807) is 25.1 Å². The quantitative estimate of drug-likeness (QED) is 0.468. The van der Waals surface area contributed by atoms with Crippen LogP contribution in [0.4, 0.5) is 22.1 Å². The number of thiol groups is 1. The lowest BCUT2D eigenvalue weighted by Crippen LogP contribution is -2.34. The number of halogens is 1. The number of hydrogen-bond acceptors (Lipinski definition) is 7. The Morgan fingerprint density at radius 1 is 1.25 bits per heavy atom. The van der Waals surface area contributed by atoms with E-state index < -0.39 is 12.0 Å². The molecule has 3 aromatic rings. The number of fused-ring (bicyclic) bond motifs is 1. The number of carboxylic acid groups (broad SMARTS) is 1. The first-order chi connectivity index (χ1) is 13.4. The number of benzene rings is 1. The molecule has 0 bridgehead atoms. The molecule has 3 N–H and O–H groups in total. The predicted molar refractivity (Wildman–Crippen MR) is 110 cm³/mol. The van der Waals surface area contributed by atoms with Crippen molar-refractivity contribution in [3.8, 4) is 0 Å². The zero-order valence-electron chi connectivity index (χ0n) is 14.5. The van der Waals surface area contributed by atoms with Gasteiger partial charge in [-0.05, 0) is 37.3 Å². The van der Waals surface area contributed by atoms with Crippen LogP contribution in [0.15, 0.2) is 36.5 Å². The molecule has 0 saturated heterocycles. The van der Waals surface area contributed by atoms with Gasteiger partial charge >= 0.3 is 12.0 Å². The molecule has 0 fully saturated rings. The van der Waals surface area contributed by atoms with Crippen molar-refractivity contribution in [2.24, 2.45) is 0 Å². The second-order valence-corrected chi connectivity index (χ2v) is 6.35. The third-order valence-electron chi connectivity index (χ3n) is 3.60. The minimum absolute atomic E-state index is 0.0338. The Morgan fingerprint density at radius 3 is 2.75 bits per heavy atom. The summed E-state index contributed by atoms with van der Waals surface area (Å²) in [6.45, 7) is 2.25. The van der Waals surface area contributed by atoms with E-state index >= 15 is 0 Å². The number of amides is 2. The maximum atomic E-state index is 11.9. The normalized spacial score (nSPS) is 10.5. The van der Waals surface area contributed by atoms with Crippen molar-refractivity contribution in [2.45, 2.75) is 6.92 Å². The van der Waals surface area contributed by atoms with Gasteiger partial charge in [0.15, 0.2) is 11.5 Å². The van der Waals surface area contributed by atoms with Gasteiger partial charge in [-0.15, -0.1) is 0 Å². The molecular formula is C17H15ClN6O3S. The number of carbonyl (C=O) groups is 2. The van der Waals surface area contributed by atoms with E-state index in [4.69, 9.17) is 16.7 Å². The van der Waals surface area contributed by atoms with Gasteiger partial charge in [0.25, 0.3) is 0 Å². The summed E-state index contributed by atoms with van der Waals surface area (Å²) in [7, 11) is 0. The van der Waals surface area contributed by atoms with E-state index in [0.29, 0.717) is 29.2 Å². The highest BCUT2D eigenvalue weighted by Gasteiger charge is 2.14. The molecule has 2 aromatic heterocycles. The summed E-state index contributed by atoms with van der Waals surface area (Å²) in [5.41, 5.74) is 1.26. The van der Waals surface area contributed by atoms with Crippen molar-refractivity contribution < 1.29 is 14.7 Å². The Kier molecular flexibility index (Phi) is 5.81. The monoisotopic (exact) mass is 418 g/mol. The molecule has 0 radical (unpaired) electrons. The molecule has 0 aliphatic carbocycles. The van der Waals surface area contributed by atoms with Crippen LogP contribution in [0, 0.1) is 0 Å². The lowest BCUT2D eigenvalue weighted by molar-refractivity contribution is 0.0697. The number of aromatic carboxylic acids is 1. The molecule has 0 atom stereocenters. The van der Waals surface area contributed by atoms with Crippen LogP contribution < -0.4 is 14.9 Å². The maximum Gasteiger partial charge on any atom is 0.337 e. The van der Waals surface area contributed by atoms with Crippen LogP contribution in [0.1, 0.15) is 17.3 Å². The molecule has 1 aromatic carbocycles. The number of carboxylic acids is 1. The van der Waals surface area contributed by atoms with E-state index in [1.807, 2.05) is 0 Å². The molecule has 2 heterocycles. The number of carbonyl (C=O) groups excluding carboxylic acids is 1. The number of urea groups is 1. The molecule has 0 unspecified atom stereocenters. The molecule has 0 saturated carbocycles. The fraction of sp³-hybridized carbons (Fsp3) is 0.118. The lowest BCUT2D eigenvalue weighted by atomic mass is 10.2. The summed E-state index contributed by atoms with van der Waals surface area (Å²) in [5.74, 6) is -0.504. The van der Waals surface area contributed by atoms with E-state index in [-0.39, 0.29) is 16.4 Å². The fourth-order valence-electron chi connectivity index (χ4n) is 2.31. The van der Waals surface area contributed by atoms with Gasteiger partial charge in [0.05, 0.1) is 16.8 Å². The third-order valence-corrected chi connectivity index (χ3v) is 4.31. The fourth-order valence-corrected chi connectivity index (χ4v) is 2.69. The number of hydrogen-bond donors (Lipinski definition) is 4. The number of anilines is 3. The van der Waals surface area contributed by atoms with Gasteiger partial charge in [-0.25, -0.2) is 28.8 Å². The Bertz CT molecular complexity index is 1060. The van der Waals surface area contributed by atoms with Gasteiger partial charge in [0, 0.05) is 12.2 Å². The van der Waals surface area contributed by atoms with Crippen LogP contribution in [-0.2, 0) is 0 Å². The molecule has 0 spiro atoms. The van der Waals surface area contributed by atoms with Crippen LogP contribution in [0.3, 0.4) is 0 Å². The Morgan fingerprint density at radius 2 is 2.04 bits per heavy atom. The Balaban J connectivity index is 1.90. The van der Waals surface area contributed by atoms with Crippen molar-refractivity contribution in [1.82, 2.24) is 20.3 Å². The summed E-state index contributed by atoms with van der Waals surface area (Å²) in [5, 5.41) is 14.9. The van der Waals surface area contributed by atoms with E-state index in [2.05, 4.69) is 38.4 Å². The van der Waals surface area contributed by atoms with E-state index in [1.165, 1.54) is 18.3 Å². The molecule has 11 heteroatoms. The van der Waals surface area contributed by atoms with Crippen molar-refractivity contribution >= 4 is 64.9 Å². The largest absolute Gasteiger partial charge is 0.478 e. The highest BCUT2D eigenvalue weighted by molar-refractivity contribution is 7.82. The second kappa shape index (κ2) is 8.28. The third kappa shape index (κ3) is 4.24. The highest BCUT2D eigenvalue weighted by atomic mass is 35.5. The first-order valence-electron chi connectivity index (χ1n) is 8.09. The molecule has 0 aliphatic heterocycles. The summed E-state index contributed by atoms with van der Waals surface area (Å²) in [6, 6.07) is 7.35. The van der Waals surface area contributed by atoms with Gasteiger partial charge < -0.3 is 15.7 Å². The molecular weight excluding hydrogens is 404 g/mol. The van der Waals surface area contributed by atoms with Crippen LogP contribution in [0.2, 0.25) is 5.02 Å². The van der Waals surface area contributed by atoms with Gasteiger partial charge in [0.1, 0.15) is 11.3 Å². The SMILES string of the molecule is CCNC(=O)N(S)c1ccc2ncc(Nc3ccc(Cl)c(C(=O)O)c3)nc2n1. The van der Waals surface area contributed by atoms with Gasteiger partial charge in [-0.3, -0.25) is 0 Å². The molecule has 28 heavy (non-hydrogen) atoms. The van der Waals surface area contributed by atoms with E-state index in [9.17, 15) is 9.59 Å². The zero-order valence-corrected chi connectivity index (χ0v) is 16.2. The van der Waals surface area contributed by atoms with Crippen molar-refractivity contribution in [3.63, 3.8) is 0 Å². The second-order valence-electron chi connectivity index (χ2n) is 5.54. The molecule has 9 nitrogen and oxygen atoms in total. The topological polar surface area (TPSA) is 120 Å². The van der Waals surface area contributed by atoms with Crippen LogP contribution >= 0.6 is 24.4 Å². The minimum Gasteiger partial charge on any atom is -0.478 e. The number of nitrogens with one attached hydrogen (secondary N) is 2. The van der Waals surface area contributed by atoms with Crippen LogP contribution in [0.25, 0.3) is 11.2 Å². The smallest absolute Gasteiger partial charge is 0.337 e. The number of pyridine rings is 1. The summed E-state index contributed by atoms with van der Waals surface area (Å²) in [4.78, 5) is 36.0. The van der Waals surface area contributed by atoms with Gasteiger partial charge in [0.2, 0.25) is 0 Å². The maximum absolute atomic E-state index is 11.9. The van der Waals surface area contributed by atoms with Crippen molar-refractivity contribution in [2.75, 3.05) is 16.2 Å². The van der Waals surface area contributed by atoms with Gasteiger partial charge in [-0.2, -0.15) is 0 Å². The number of rotatable bonds is 5. The predicted octanol–water partition coefficient (Wildman–Crippen LogP) is 3.50. The lowest BCUT2D eigenvalue weighted by Gasteiger charge is -2.15. The molecule has 2 amide bonds. The summed E-state index contributed by atoms with van der Waals surface area (Å²) < 4.78 is 1.07. The minimum atomic E-state index is -1.14. The number of nitrogens with zero attached hydrogens (tertiary/aromatic N) is 4. The Labute approximate surface area is 170 Å². The standard InChI is InChI=1S/C17H15ClN6O3S/c1-2-19-17(27)24(28)14-6-5-12-15(23-14)22-13(8-20-12)21-9-3-4-11(18)10(7-9)16(25)26/h3-8,28H,2H2,1H3,(H,19,27)(H,25,26)(H,21,22,23). The summed E-state index contributed by atoms with van der Waals surface area (Å²) >= 11 is 10.0. The first kappa shape index (κ1) is 19.6. The average molecular weight is 419 g/mol. The molecule has 0 aliphatic rings. The molecule has 144 valence electrons. The van der Waals surface area contributed by atoms with Crippen LogP contribution in [-0.4, -0.2) is 38.6 Å². The van der Waals surface area contributed by atoms with Crippen LogP contribution in [0.5, 0.6) is 0 Å². The zero-order chi connectivity index (χ0) is 20.3. The first-order valence-corrected chi connectivity index (χ1v) is 8.87. The summed E-state index contributed by atoms with van der Waals surface area (Å²) in [6.07, 6.45) is 1.49. The highest BCUT2D eigenvalue weighted by Crippen LogP contribution is 2.24. The average Bonchev–Trinajstić information content (AvgIpc) is 2.68. The van der Waals surface area contributed by atoms with E-state index in [0.717, 1.165) is 4.31 Å². The molecule has 3 rings (SSSR count). The Hall–Kier alpha value is -3.11. The van der Waals surface area contributed by atoms with Crippen molar-refractivity contribution in [1.29, 1.82) is 0 Å². The van der Waals surface area contributed by atoms with Crippen molar-refractivity contribution in [3.05, 3.63) is 47.1 Å². The number of aromatic nitrogens is 3.